The van der Waals surface area contributed by atoms with Gasteiger partial charge in [0.25, 0.3) is 5.91 Å². The molecule has 276 valence electrons. The van der Waals surface area contributed by atoms with Crippen molar-refractivity contribution < 1.29 is 19.1 Å². The number of nitriles is 1. The van der Waals surface area contributed by atoms with Gasteiger partial charge in [0.2, 0.25) is 5.91 Å². The first-order valence-corrected chi connectivity index (χ1v) is 18.6. The molecule has 0 spiro atoms. The molecule has 0 bridgehead atoms. The van der Waals surface area contributed by atoms with Crippen LogP contribution in [0.2, 0.25) is 0 Å². The van der Waals surface area contributed by atoms with Gasteiger partial charge in [-0.15, -0.1) is 0 Å². The lowest BCUT2D eigenvalue weighted by atomic mass is 9.85. The molecule has 2 saturated heterocycles. The fraction of sp³-hybridized carbons (Fsp3) is 0.375. The van der Waals surface area contributed by atoms with Crippen molar-refractivity contribution in [3.8, 4) is 11.8 Å². The molecule has 3 aliphatic rings. The number of amides is 4. The maximum absolute atomic E-state index is 13.0. The third-order valence-corrected chi connectivity index (χ3v) is 11.0. The molecule has 1 saturated carbocycles. The predicted molar refractivity (Wildman–Crippen MR) is 205 cm³/mol. The summed E-state index contributed by atoms with van der Waals surface area (Å²) >= 11 is 0. The van der Waals surface area contributed by atoms with Crippen molar-refractivity contribution in [2.45, 2.75) is 44.6 Å². The molecule has 3 fully saturated rings. The highest BCUT2D eigenvalue weighted by Crippen LogP contribution is 2.37. The van der Waals surface area contributed by atoms with E-state index in [0.29, 0.717) is 41.1 Å². The van der Waals surface area contributed by atoms with Gasteiger partial charge in [-0.25, -0.2) is 4.79 Å². The van der Waals surface area contributed by atoms with E-state index < -0.39 is 6.03 Å². The summed E-state index contributed by atoms with van der Waals surface area (Å²) in [5.74, 6) is 0.516. The largest absolute Gasteiger partial charge is 0.494 e. The number of nitrogens with zero attached hydrogens (tertiary/aromatic N) is 8. The number of benzene rings is 2. The van der Waals surface area contributed by atoms with E-state index in [1.165, 1.54) is 18.5 Å². The molecule has 0 atom stereocenters. The second kappa shape index (κ2) is 15.1. The number of methoxy groups -OCH3 is 1. The molecule has 54 heavy (non-hydrogen) atoms. The van der Waals surface area contributed by atoms with Crippen molar-refractivity contribution >= 4 is 56.6 Å². The van der Waals surface area contributed by atoms with Gasteiger partial charge in [-0.05, 0) is 62.8 Å². The number of imide groups is 1. The van der Waals surface area contributed by atoms with E-state index in [1.807, 2.05) is 36.5 Å². The standard InChI is InChI=1S/C40H42N10O4/c1-54-37-18-33-29(17-34(37)44-39(52)28-16-27(19-41)20-42-21-28)25-50(46-33)30-8-6-26(7-9-30)24-47-11-3-12-48(15-14-47)35-5-2-4-31-32(35)22-43-23-36(31)49-13-10-38(51)45-40(49)53/h2,4-5,16-18,20-23,25-26,30H,3,6-15,24H2,1H3,(H,44,52)(H,45,51,53)/t26-,30-. The molecule has 1 aliphatic carbocycles. The third kappa shape index (κ3) is 7.14. The van der Waals surface area contributed by atoms with Gasteiger partial charge in [-0.1, -0.05) is 12.1 Å². The van der Waals surface area contributed by atoms with Crippen LogP contribution in [0.5, 0.6) is 5.75 Å². The van der Waals surface area contributed by atoms with Crippen LogP contribution in [0.25, 0.3) is 21.7 Å². The number of carbonyl (C=O) groups excluding carboxylic acids is 3. The van der Waals surface area contributed by atoms with Crippen LogP contribution in [0.15, 0.2) is 67.4 Å². The Bertz CT molecular complexity index is 2270. The lowest BCUT2D eigenvalue weighted by Crippen LogP contribution is -2.49. The Morgan fingerprint density at radius 3 is 2.63 bits per heavy atom. The zero-order chi connectivity index (χ0) is 37.2. The summed E-state index contributed by atoms with van der Waals surface area (Å²) in [5.41, 5.74) is 3.80. The number of hydrogen-bond donors (Lipinski definition) is 2. The van der Waals surface area contributed by atoms with E-state index in [-0.39, 0.29) is 18.2 Å². The van der Waals surface area contributed by atoms with Gasteiger partial charge >= 0.3 is 6.03 Å². The third-order valence-electron chi connectivity index (χ3n) is 11.0. The van der Waals surface area contributed by atoms with Gasteiger partial charge in [0, 0.05) is 91.8 Å². The summed E-state index contributed by atoms with van der Waals surface area (Å²) in [7, 11) is 1.56. The van der Waals surface area contributed by atoms with Gasteiger partial charge in [0.05, 0.1) is 47.4 Å². The lowest BCUT2D eigenvalue weighted by Gasteiger charge is -2.32. The van der Waals surface area contributed by atoms with Crippen LogP contribution >= 0.6 is 0 Å². The lowest BCUT2D eigenvalue weighted by molar-refractivity contribution is -0.120. The highest BCUT2D eigenvalue weighted by molar-refractivity contribution is 6.11. The van der Waals surface area contributed by atoms with Gasteiger partial charge in [-0.3, -0.25) is 34.5 Å². The molecule has 4 amide bonds. The number of urea groups is 1. The average Bonchev–Trinajstić information content (AvgIpc) is 3.47. The van der Waals surface area contributed by atoms with Crippen LogP contribution in [0, 0.1) is 17.2 Å². The summed E-state index contributed by atoms with van der Waals surface area (Å²) in [6, 6.07) is 13.4. The number of ether oxygens (including phenoxy) is 1. The van der Waals surface area contributed by atoms with Crippen LogP contribution in [-0.4, -0.2) is 88.9 Å². The first-order valence-electron chi connectivity index (χ1n) is 18.6. The molecule has 0 unspecified atom stereocenters. The molecule has 8 rings (SSSR count). The molecule has 2 aromatic carbocycles. The van der Waals surface area contributed by atoms with Crippen molar-refractivity contribution in [2.75, 3.05) is 61.5 Å². The maximum atomic E-state index is 13.0. The van der Waals surface area contributed by atoms with Crippen molar-refractivity contribution in [2.24, 2.45) is 5.92 Å². The second-order valence-corrected chi connectivity index (χ2v) is 14.4. The number of hydrogen-bond acceptors (Lipinski definition) is 10. The average molecular weight is 727 g/mol. The molecule has 5 aromatic rings. The SMILES string of the molecule is COc1cc2nn([C@H]3CC[C@H](CN4CCCN(c5cccc6c(N7CCC(=O)NC7=O)cncc56)CC4)CC3)cc2cc1NC(=O)c1cncc(C#N)c1. The van der Waals surface area contributed by atoms with Crippen LogP contribution < -0.4 is 25.2 Å². The zero-order valence-electron chi connectivity index (χ0n) is 30.2. The Balaban J connectivity index is 0.881. The normalized spacial score (nSPS) is 19.7. The van der Waals surface area contributed by atoms with E-state index in [4.69, 9.17) is 9.84 Å². The maximum Gasteiger partial charge on any atom is 0.328 e. The van der Waals surface area contributed by atoms with Crippen LogP contribution in [0.4, 0.5) is 21.9 Å². The Labute approximate surface area is 312 Å². The number of carbonyl (C=O) groups is 3. The second-order valence-electron chi connectivity index (χ2n) is 14.4. The number of rotatable bonds is 8. The van der Waals surface area contributed by atoms with Gasteiger partial charge in [0.15, 0.2) is 0 Å². The topological polar surface area (TPSA) is 162 Å². The number of anilines is 3. The Hall–Kier alpha value is -6.07. The Morgan fingerprint density at radius 2 is 1.81 bits per heavy atom. The quantitative estimate of drug-likeness (QED) is 0.209. The molecule has 0 radical (unpaired) electrons. The van der Waals surface area contributed by atoms with Crippen molar-refractivity contribution in [1.82, 2.24) is 30.0 Å². The first kappa shape index (κ1) is 35.0. The van der Waals surface area contributed by atoms with Crippen molar-refractivity contribution in [3.63, 3.8) is 0 Å². The van der Waals surface area contributed by atoms with E-state index in [1.54, 1.807) is 18.2 Å². The molecule has 14 heteroatoms. The number of pyridine rings is 2. The fourth-order valence-corrected chi connectivity index (χ4v) is 8.15. The molecule has 2 aliphatic heterocycles. The van der Waals surface area contributed by atoms with E-state index in [9.17, 15) is 19.6 Å². The number of nitrogens with one attached hydrogen (secondary N) is 2. The Kier molecular flexibility index (Phi) is 9.79. The molecule has 3 aromatic heterocycles. The minimum atomic E-state index is -0.403. The van der Waals surface area contributed by atoms with Crippen LogP contribution in [0.3, 0.4) is 0 Å². The molecule has 2 N–H and O–H groups in total. The summed E-state index contributed by atoms with van der Waals surface area (Å²) < 4.78 is 7.68. The minimum absolute atomic E-state index is 0.250. The monoisotopic (exact) mass is 726 g/mol. The molecular weight excluding hydrogens is 685 g/mol. The molecular formula is C40H42N10O4. The fourth-order valence-electron chi connectivity index (χ4n) is 8.15. The summed E-state index contributed by atoms with van der Waals surface area (Å²) in [5, 5.41) is 22.3. The van der Waals surface area contributed by atoms with Gasteiger partial charge in [0.1, 0.15) is 11.8 Å². The number of aromatic nitrogens is 4. The van der Waals surface area contributed by atoms with E-state index in [0.717, 1.165) is 97.9 Å². The Morgan fingerprint density at radius 1 is 0.963 bits per heavy atom. The van der Waals surface area contributed by atoms with E-state index in [2.05, 4.69) is 47.3 Å². The van der Waals surface area contributed by atoms with Crippen molar-refractivity contribution in [1.29, 1.82) is 5.26 Å². The van der Waals surface area contributed by atoms with E-state index >= 15 is 0 Å². The van der Waals surface area contributed by atoms with Gasteiger partial charge in [-0.2, -0.15) is 10.4 Å². The highest BCUT2D eigenvalue weighted by atomic mass is 16.5. The summed E-state index contributed by atoms with van der Waals surface area (Å²) in [6.07, 6.45) is 14.2. The number of fused-ring (bicyclic) bond motifs is 2. The molecule has 5 heterocycles. The predicted octanol–water partition coefficient (Wildman–Crippen LogP) is 5.50. The first-order chi connectivity index (χ1) is 26.4. The van der Waals surface area contributed by atoms with Crippen LogP contribution in [-0.2, 0) is 4.79 Å². The summed E-state index contributed by atoms with van der Waals surface area (Å²) in [4.78, 5) is 52.6. The van der Waals surface area contributed by atoms with Crippen molar-refractivity contribution in [3.05, 3.63) is 78.5 Å². The zero-order valence-corrected chi connectivity index (χ0v) is 30.2. The smallest absolute Gasteiger partial charge is 0.328 e. The van der Waals surface area contributed by atoms with Gasteiger partial charge < -0.3 is 19.9 Å². The highest BCUT2D eigenvalue weighted by Gasteiger charge is 2.28. The van der Waals surface area contributed by atoms with Crippen LogP contribution in [0.1, 0.15) is 60.5 Å². The summed E-state index contributed by atoms with van der Waals surface area (Å²) in [6.45, 7) is 5.31. The molecule has 14 nitrogen and oxygen atoms in total. The minimum Gasteiger partial charge on any atom is -0.494 e.